The molecule has 0 aliphatic rings. The molecule has 0 saturated heterocycles. The van der Waals surface area contributed by atoms with Gasteiger partial charge in [-0.2, -0.15) is 0 Å². The van der Waals surface area contributed by atoms with Crippen LogP contribution in [0.15, 0.2) is 53.4 Å². The summed E-state index contributed by atoms with van der Waals surface area (Å²) in [6.45, 7) is 1.09. The third-order valence-electron chi connectivity index (χ3n) is 3.15. The van der Waals surface area contributed by atoms with E-state index in [1.54, 1.807) is 12.1 Å². The number of hydrogen-bond acceptors (Lipinski definition) is 4. The zero-order valence-electron chi connectivity index (χ0n) is 13.0. The molecule has 23 heavy (non-hydrogen) atoms. The van der Waals surface area contributed by atoms with Crippen molar-refractivity contribution in [3.05, 3.63) is 53.6 Å². The molecule has 0 amide bonds. The lowest BCUT2D eigenvalue weighted by molar-refractivity contribution is 0.332. The number of rotatable bonds is 7. The highest BCUT2D eigenvalue weighted by atomic mass is 35.5. The van der Waals surface area contributed by atoms with Gasteiger partial charge in [0.05, 0.1) is 4.90 Å². The SMILES string of the molecule is CN(C)S(=O)(=O)c1ccc(OCCNc2ccc(Cl)cc2)cc1. The summed E-state index contributed by atoms with van der Waals surface area (Å²) in [6, 6.07) is 13.8. The number of benzene rings is 2. The Labute approximate surface area is 141 Å². The van der Waals surface area contributed by atoms with Gasteiger partial charge in [-0.3, -0.25) is 0 Å². The van der Waals surface area contributed by atoms with E-state index in [1.165, 1.54) is 30.5 Å². The number of halogens is 1. The van der Waals surface area contributed by atoms with Gasteiger partial charge in [0.1, 0.15) is 12.4 Å². The van der Waals surface area contributed by atoms with Crippen molar-refractivity contribution in [1.82, 2.24) is 4.31 Å². The highest BCUT2D eigenvalue weighted by Gasteiger charge is 2.16. The number of anilines is 1. The summed E-state index contributed by atoms with van der Waals surface area (Å²) in [5, 5.41) is 3.90. The Morgan fingerprint density at radius 3 is 2.22 bits per heavy atom. The van der Waals surface area contributed by atoms with Crippen LogP contribution in [0, 0.1) is 0 Å². The largest absolute Gasteiger partial charge is 0.492 e. The maximum absolute atomic E-state index is 12.0. The molecule has 2 rings (SSSR count). The van der Waals surface area contributed by atoms with Crippen LogP contribution < -0.4 is 10.1 Å². The molecule has 0 saturated carbocycles. The second kappa shape index (κ2) is 7.68. The predicted molar refractivity (Wildman–Crippen MR) is 92.8 cm³/mol. The molecule has 0 atom stereocenters. The molecule has 2 aromatic rings. The van der Waals surface area contributed by atoms with Gasteiger partial charge < -0.3 is 10.1 Å². The van der Waals surface area contributed by atoms with Crippen LogP contribution in [0.2, 0.25) is 5.02 Å². The van der Waals surface area contributed by atoms with Gasteiger partial charge in [0.2, 0.25) is 10.0 Å². The first-order valence-electron chi connectivity index (χ1n) is 7.04. The number of nitrogens with zero attached hydrogens (tertiary/aromatic N) is 1. The van der Waals surface area contributed by atoms with Crippen molar-refractivity contribution in [3.63, 3.8) is 0 Å². The summed E-state index contributed by atoms with van der Waals surface area (Å²) in [6.07, 6.45) is 0. The fourth-order valence-electron chi connectivity index (χ4n) is 1.85. The van der Waals surface area contributed by atoms with E-state index in [-0.39, 0.29) is 4.90 Å². The summed E-state index contributed by atoms with van der Waals surface area (Å²) in [4.78, 5) is 0.245. The first kappa shape index (κ1) is 17.6. The number of nitrogens with one attached hydrogen (secondary N) is 1. The van der Waals surface area contributed by atoms with Gasteiger partial charge in [-0.15, -0.1) is 0 Å². The Bertz CT molecular complexity index is 729. The van der Waals surface area contributed by atoms with Crippen LogP contribution in [0.4, 0.5) is 5.69 Å². The minimum atomic E-state index is -3.40. The highest BCUT2D eigenvalue weighted by Crippen LogP contribution is 2.18. The summed E-state index contributed by atoms with van der Waals surface area (Å²) in [5.74, 6) is 0.626. The summed E-state index contributed by atoms with van der Waals surface area (Å²) >= 11 is 5.82. The smallest absolute Gasteiger partial charge is 0.242 e. The lowest BCUT2D eigenvalue weighted by Crippen LogP contribution is -2.22. The minimum Gasteiger partial charge on any atom is -0.492 e. The Balaban J connectivity index is 1.84. The fraction of sp³-hybridized carbons (Fsp3) is 0.250. The normalized spacial score (nSPS) is 11.5. The van der Waals surface area contributed by atoms with Crippen LogP contribution >= 0.6 is 11.6 Å². The Hall–Kier alpha value is -1.76. The maximum atomic E-state index is 12.0. The molecule has 0 aliphatic carbocycles. The van der Waals surface area contributed by atoms with E-state index in [9.17, 15) is 8.42 Å². The van der Waals surface area contributed by atoms with E-state index in [1.807, 2.05) is 24.3 Å². The fourth-order valence-corrected chi connectivity index (χ4v) is 2.88. The zero-order valence-corrected chi connectivity index (χ0v) is 14.6. The van der Waals surface area contributed by atoms with Gasteiger partial charge in [0.25, 0.3) is 0 Å². The first-order valence-corrected chi connectivity index (χ1v) is 8.86. The zero-order chi connectivity index (χ0) is 16.9. The van der Waals surface area contributed by atoms with Gasteiger partial charge in [0.15, 0.2) is 0 Å². The molecule has 0 unspecified atom stereocenters. The van der Waals surface area contributed by atoms with E-state index in [4.69, 9.17) is 16.3 Å². The summed E-state index contributed by atoms with van der Waals surface area (Å²) in [7, 11) is -0.399. The lowest BCUT2D eigenvalue weighted by Gasteiger charge is -2.12. The van der Waals surface area contributed by atoms with Crippen molar-refractivity contribution < 1.29 is 13.2 Å². The maximum Gasteiger partial charge on any atom is 0.242 e. The van der Waals surface area contributed by atoms with Crippen LogP contribution in [0.1, 0.15) is 0 Å². The van der Waals surface area contributed by atoms with Crippen molar-refractivity contribution in [3.8, 4) is 5.75 Å². The van der Waals surface area contributed by atoms with Crippen molar-refractivity contribution in [2.45, 2.75) is 4.90 Å². The molecule has 0 spiro atoms. The Kier molecular flexibility index (Phi) is 5.87. The average molecular weight is 355 g/mol. The van der Waals surface area contributed by atoms with Crippen molar-refractivity contribution in [2.75, 3.05) is 32.6 Å². The molecule has 0 heterocycles. The topological polar surface area (TPSA) is 58.6 Å². The van der Waals surface area contributed by atoms with Gasteiger partial charge in [-0.25, -0.2) is 12.7 Å². The first-order chi connectivity index (χ1) is 10.9. The van der Waals surface area contributed by atoms with Crippen molar-refractivity contribution in [2.24, 2.45) is 0 Å². The van der Waals surface area contributed by atoms with Crippen LogP contribution in [0.3, 0.4) is 0 Å². The second-order valence-corrected chi connectivity index (χ2v) is 7.63. The average Bonchev–Trinajstić information content (AvgIpc) is 2.53. The molecular formula is C16H19ClN2O3S. The predicted octanol–water partition coefficient (Wildman–Crippen LogP) is 3.08. The highest BCUT2D eigenvalue weighted by molar-refractivity contribution is 7.89. The molecular weight excluding hydrogens is 336 g/mol. The quantitative estimate of drug-likeness (QED) is 0.776. The van der Waals surface area contributed by atoms with E-state index >= 15 is 0 Å². The standard InChI is InChI=1S/C16H19ClN2O3S/c1-19(2)23(20,21)16-9-7-15(8-10-16)22-12-11-18-14-5-3-13(17)4-6-14/h3-10,18H,11-12H2,1-2H3. The van der Waals surface area contributed by atoms with E-state index in [2.05, 4.69) is 5.32 Å². The van der Waals surface area contributed by atoms with Crippen LogP contribution in [-0.2, 0) is 10.0 Å². The third kappa shape index (κ3) is 4.86. The van der Waals surface area contributed by atoms with E-state index < -0.39 is 10.0 Å². The molecule has 0 aromatic heterocycles. The van der Waals surface area contributed by atoms with E-state index in [0.29, 0.717) is 23.9 Å². The lowest BCUT2D eigenvalue weighted by atomic mass is 10.3. The minimum absolute atomic E-state index is 0.245. The molecule has 1 N–H and O–H groups in total. The van der Waals surface area contributed by atoms with Gasteiger partial charge >= 0.3 is 0 Å². The molecule has 124 valence electrons. The molecule has 0 bridgehead atoms. The summed E-state index contributed by atoms with van der Waals surface area (Å²) < 4.78 is 30.7. The molecule has 5 nitrogen and oxygen atoms in total. The third-order valence-corrected chi connectivity index (χ3v) is 5.23. The van der Waals surface area contributed by atoms with Crippen molar-refractivity contribution >= 4 is 27.3 Å². The van der Waals surface area contributed by atoms with E-state index in [0.717, 1.165) is 5.69 Å². The summed E-state index contributed by atoms with van der Waals surface area (Å²) in [5.41, 5.74) is 0.963. The monoisotopic (exact) mass is 354 g/mol. The van der Waals surface area contributed by atoms with Gasteiger partial charge in [0, 0.05) is 31.4 Å². The number of hydrogen-bond donors (Lipinski definition) is 1. The van der Waals surface area contributed by atoms with Gasteiger partial charge in [-0.1, -0.05) is 11.6 Å². The number of sulfonamides is 1. The van der Waals surface area contributed by atoms with Crippen LogP contribution in [0.5, 0.6) is 5.75 Å². The van der Waals surface area contributed by atoms with Crippen LogP contribution in [-0.4, -0.2) is 40.0 Å². The molecule has 0 aliphatic heterocycles. The van der Waals surface area contributed by atoms with Gasteiger partial charge in [-0.05, 0) is 48.5 Å². The molecule has 7 heteroatoms. The Morgan fingerprint density at radius 2 is 1.65 bits per heavy atom. The molecule has 2 aromatic carbocycles. The molecule has 0 fully saturated rings. The second-order valence-electron chi connectivity index (χ2n) is 5.04. The number of ether oxygens (including phenoxy) is 1. The van der Waals surface area contributed by atoms with Crippen LogP contribution in [0.25, 0.3) is 0 Å². The van der Waals surface area contributed by atoms with Crippen molar-refractivity contribution in [1.29, 1.82) is 0 Å². The Morgan fingerprint density at radius 1 is 1.04 bits per heavy atom. The molecule has 0 radical (unpaired) electrons.